The lowest BCUT2D eigenvalue weighted by atomic mass is 9.90. The van der Waals surface area contributed by atoms with Gasteiger partial charge in [-0.2, -0.15) is 4.68 Å². The molecule has 0 fully saturated rings. The average Bonchev–Trinajstić information content (AvgIpc) is 3.50. The number of carboxylic acid groups (broad SMARTS) is 1. The van der Waals surface area contributed by atoms with Gasteiger partial charge in [0.15, 0.2) is 0 Å². The van der Waals surface area contributed by atoms with Crippen molar-refractivity contribution in [2.24, 2.45) is 0 Å². The number of aromatic carboxylic acids is 1. The van der Waals surface area contributed by atoms with Crippen LogP contribution in [-0.4, -0.2) is 60.4 Å². The molecular weight excluding hydrogens is 526 g/mol. The summed E-state index contributed by atoms with van der Waals surface area (Å²) in [5.74, 6) is -2.21. The number of nitrogens with one attached hydrogen (secondary N) is 2. The van der Waals surface area contributed by atoms with Gasteiger partial charge in [-0.05, 0) is 70.4 Å². The minimum Gasteiger partial charge on any atom is -0.478 e. The highest BCUT2D eigenvalue weighted by atomic mass is 16.4. The molecule has 3 aromatic carbocycles. The summed E-state index contributed by atoms with van der Waals surface area (Å²) in [5, 5.41) is 26.0. The van der Waals surface area contributed by atoms with Crippen LogP contribution >= 0.6 is 0 Å². The first kappa shape index (κ1) is 26.9. The van der Waals surface area contributed by atoms with Crippen molar-refractivity contribution in [1.29, 1.82) is 0 Å². The minimum atomic E-state index is -1.08. The number of carbonyl (C=O) groups is 4. The van der Waals surface area contributed by atoms with Gasteiger partial charge >= 0.3 is 5.97 Å². The normalized spacial score (nSPS) is 14.4. The molecule has 12 heteroatoms. The summed E-state index contributed by atoms with van der Waals surface area (Å²) in [4.78, 5) is 51.8. The van der Waals surface area contributed by atoms with Crippen LogP contribution in [0.3, 0.4) is 0 Å². The lowest BCUT2D eigenvalue weighted by molar-refractivity contribution is -0.135. The summed E-state index contributed by atoms with van der Waals surface area (Å²) in [6.07, 6.45) is 4.91. The average molecular weight is 552 g/mol. The lowest BCUT2D eigenvalue weighted by Crippen LogP contribution is -2.45. The molecule has 12 nitrogen and oxygen atoms in total. The monoisotopic (exact) mass is 551 g/mol. The third-order valence-corrected chi connectivity index (χ3v) is 6.60. The van der Waals surface area contributed by atoms with Gasteiger partial charge in [-0.3, -0.25) is 14.4 Å². The zero-order valence-corrected chi connectivity index (χ0v) is 21.9. The Balaban J connectivity index is 1.47. The SMILES string of the molecule is CC(=O)Nc1cccc2c1CCN(C(=O)/C=C/c1ccccc1-n1cnnn1)C2C(=O)Nc1ccc(C(=O)O)cc1. The molecule has 41 heavy (non-hydrogen) atoms. The number of hydrogen-bond acceptors (Lipinski definition) is 7. The van der Waals surface area contributed by atoms with E-state index in [4.69, 9.17) is 0 Å². The van der Waals surface area contributed by atoms with Crippen LogP contribution in [0, 0.1) is 0 Å². The summed E-state index contributed by atoms with van der Waals surface area (Å²) in [6, 6.07) is 17.2. The molecule has 206 valence electrons. The second kappa shape index (κ2) is 11.6. The van der Waals surface area contributed by atoms with Gasteiger partial charge in [0.25, 0.3) is 5.91 Å². The van der Waals surface area contributed by atoms with E-state index in [0.29, 0.717) is 34.6 Å². The van der Waals surface area contributed by atoms with Gasteiger partial charge in [-0.1, -0.05) is 30.3 Å². The molecule has 2 heterocycles. The van der Waals surface area contributed by atoms with E-state index in [2.05, 4.69) is 26.2 Å². The Morgan fingerprint density at radius 2 is 1.76 bits per heavy atom. The number of carbonyl (C=O) groups excluding carboxylic acids is 3. The minimum absolute atomic E-state index is 0.0786. The molecule has 1 unspecified atom stereocenters. The highest BCUT2D eigenvalue weighted by Gasteiger charge is 2.36. The van der Waals surface area contributed by atoms with Gasteiger partial charge in [0.1, 0.15) is 12.4 Å². The first-order valence-corrected chi connectivity index (χ1v) is 12.7. The van der Waals surface area contributed by atoms with Crippen LogP contribution in [0.1, 0.15) is 40.0 Å². The van der Waals surface area contributed by atoms with E-state index in [1.54, 1.807) is 24.3 Å². The molecule has 3 amide bonds. The molecule has 5 rings (SSSR count). The van der Waals surface area contributed by atoms with Crippen LogP contribution in [0.5, 0.6) is 0 Å². The quantitative estimate of drug-likeness (QED) is 0.296. The number of aromatic nitrogens is 4. The topological polar surface area (TPSA) is 159 Å². The molecule has 3 N–H and O–H groups in total. The largest absolute Gasteiger partial charge is 0.478 e. The van der Waals surface area contributed by atoms with Crippen LogP contribution < -0.4 is 10.6 Å². The molecule has 4 aromatic rings. The second-order valence-electron chi connectivity index (χ2n) is 9.26. The molecule has 0 spiro atoms. The summed E-state index contributed by atoms with van der Waals surface area (Å²) in [6.45, 7) is 1.62. The third kappa shape index (κ3) is 5.86. The van der Waals surface area contributed by atoms with Gasteiger partial charge in [0.05, 0.1) is 11.3 Å². The molecule has 1 aliphatic heterocycles. The van der Waals surface area contributed by atoms with Gasteiger partial charge in [-0.15, -0.1) is 5.10 Å². The number of benzene rings is 3. The smallest absolute Gasteiger partial charge is 0.335 e. The van der Waals surface area contributed by atoms with Crippen molar-refractivity contribution < 1.29 is 24.3 Å². The van der Waals surface area contributed by atoms with E-state index >= 15 is 0 Å². The Morgan fingerprint density at radius 1 is 0.976 bits per heavy atom. The predicted molar refractivity (Wildman–Crippen MR) is 149 cm³/mol. The summed E-state index contributed by atoms with van der Waals surface area (Å²) >= 11 is 0. The van der Waals surface area contributed by atoms with Crippen LogP contribution in [0.2, 0.25) is 0 Å². The summed E-state index contributed by atoms with van der Waals surface area (Å²) in [7, 11) is 0. The van der Waals surface area contributed by atoms with Crippen molar-refractivity contribution in [3.05, 3.63) is 101 Å². The Hall–Kier alpha value is -5.65. The molecular formula is C29H25N7O5. The molecule has 1 aliphatic rings. The Bertz CT molecular complexity index is 1650. The highest BCUT2D eigenvalue weighted by molar-refractivity contribution is 6.02. The Morgan fingerprint density at radius 3 is 2.46 bits per heavy atom. The summed E-state index contributed by atoms with van der Waals surface area (Å²) < 4.78 is 1.48. The Labute approximate surface area is 234 Å². The van der Waals surface area contributed by atoms with E-state index < -0.39 is 23.8 Å². The van der Waals surface area contributed by atoms with Gasteiger partial charge in [0.2, 0.25) is 11.8 Å². The fourth-order valence-corrected chi connectivity index (χ4v) is 4.77. The number of fused-ring (bicyclic) bond motifs is 1. The van der Waals surface area contributed by atoms with E-state index in [-0.39, 0.29) is 18.0 Å². The lowest BCUT2D eigenvalue weighted by Gasteiger charge is -2.36. The number of amides is 3. The molecule has 1 atom stereocenters. The van der Waals surface area contributed by atoms with E-state index in [1.807, 2.05) is 24.3 Å². The number of nitrogens with zero attached hydrogens (tertiary/aromatic N) is 5. The molecule has 1 aromatic heterocycles. The van der Waals surface area contributed by atoms with Crippen LogP contribution in [0.25, 0.3) is 11.8 Å². The Kier molecular flexibility index (Phi) is 7.63. The number of anilines is 2. The van der Waals surface area contributed by atoms with E-state index in [1.165, 1.54) is 53.2 Å². The van der Waals surface area contributed by atoms with E-state index in [0.717, 1.165) is 5.56 Å². The first-order valence-electron chi connectivity index (χ1n) is 12.7. The van der Waals surface area contributed by atoms with Crippen molar-refractivity contribution in [2.75, 3.05) is 17.2 Å². The zero-order chi connectivity index (χ0) is 28.9. The van der Waals surface area contributed by atoms with Crippen LogP contribution in [-0.2, 0) is 20.8 Å². The van der Waals surface area contributed by atoms with Crippen molar-refractivity contribution >= 4 is 41.1 Å². The van der Waals surface area contributed by atoms with Gasteiger partial charge in [0, 0.05) is 36.5 Å². The maximum Gasteiger partial charge on any atom is 0.335 e. The predicted octanol–water partition coefficient (Wildman–Crippen LogP) is 3.10. The van der Waals surface area contributed by atoms with Crippen molar-refractivity contribution in [3.63, 3.8) is 0 Å². The number of rotatable bonds is 7. The zero-order valence-electron chi connectivity index (χ0n) is 21.9. The standard InChI is InChI=1S/C29H25N7O5/c1-18(37)31-24-7-4-6-23-22(24)15-16-35(27(23)28(39)32-21-12-9-20(10-13-21)29(40)41)26(38)14-11-19-5-2-3-8-25(19)36-17-30-33-34-36/h2-14,17,27H,15-16H2,1H3,(H,31,37)(H,32,39)(H,40,41)/b14-11+. The number of para-hydroxylation sites is 1. The number of tetrazole rings is 1. The summed E-state index contributed by atoms with van der Waals surface area (Å²) in [5.41, 5.74) is 3.75. The first-order chi connectivity index (χ1) is 19.8. The molecule has 0 saturated carbocycles. The van der Waals surface area contributed by atoms with E-state index in [9.17, 15) is 24.3 Å². The molecule has 0 bridgehead atoms. The number of carboxylic acids is 1. The molecule has 0 radical (unpaired) electrons. The fraction of sp³-hybridized carbons (Fsp3) is 0.138. The molecule has 0 aliphatic carbocycles. The van der Waals surface area contributed by atoms with Gasteiger partial charge < -0.3 is 20.6 Å². The van der Waals surface area contributed by atoms with Crippen molar-refractivity contribution in [2.45, 2.75) is 19.4 Å². The van der Waals surface area contributed by atoms with Crippen LogP contribution in [0.4, 0.5) is 11.4 Å². The maximum absolute atomic E-state index is 13.7. The third-order valence-electron chi connectivity index (χ3n) is 6.60. The van der Waals surface area contributed by atoms with Crippen LogP contribution in [0.15, 0.2) is 79.1 Å². The van der Waals surface area contributed by atoms with Gasteiger partial charge in [-0.25, -0.2) is 4.79 Å². The maximum atomic E-state index is 13.7. The van der Waals surface area contributed by atoms with Crippen molar-refractivity contribution in [1.82, 2.24) is 25.1 Å². The van der Waals surface area contributed by atoms with Crippen molar-refractivity contribution in [3.8, 4) is 5.69 Å². The molecule has 0 saturated heterocycles. The highest BCUT2D eigenvalue weighted by Crippen LogP contribution is 2.35. The number of hydrogen-bond donors (Lipinski definition) is 3. The second-order valence-corrected chi connectivity index (χ2v) is 9.26. The fourth-order valence-electron chi connectivity index (χ4n) is 4.77.